The minimum absolute atomic E-state index is 0.357. The minimum Gasteiger partial charge on any atom is -0.490 e. The van der Waals surface area contributed by atoms with Crippen molar-refractivity contribution in [2.24, 2.45) is 5.73 Å². The van der Waals surface area contributed by atoms with E-state index >= 15 is 0 Å². The van der Waals surface area contributed by atoms with E-state index in [4.69, 9.17) is 22.7 Å². The fourth-order valence-corrected chi connectivity index (χ4v) is 3.20. The third-order valence-corrected chi connectivity index (χ3v) is 4.19. The zero-order chi connectivity index (χ0) is 13.0. The number of thiocarbonyl (C=S) groups is 1. The number of ether oxygens (including phenoxy) is 1. The van der Waals surface area contributed by atoms with Crippen molar-refractivity contribution in [1.82, 2.24) is 0 Å². The van der Waals surface area contributed by atoms with Gasteiger partial charge in [0, 0.05) is 10.0 Å². The van der Waals surface area contributed by atoms with Crippen LogP contribution in [0.3, 0.4) is 0 Å². The van der Waals surface area contributed by atoms with Crippen molar-refractivity contribution < 1.29 is 4.74 Å². The first-order chi connectivity index (χ1) is 8.66. The molecule has 0 unspecified atom stereocenters. The van der Waals surface area contributed by atoms with Crippen molar-refractivity contribution in [2.75, 3.05) is 0 Å². The maximum atomic E-state index is 6.04. The molecule has 1 saturated carbocycles. The number of hydrogen-bond donors (Lipinski definition) is 1. The van der Waals surface area contributed by atoms with Crippen LogP contribution in [0.1, 0.15) is 44.1 Å². The van der Waals surface area contributed by atoms with Gasteiger partial charge in [-0.2, -0.15) is 0 Å². The van der Waals surface area contributed by atoms with Crippen LogP contribution in [0.25, 0.3) is 0 Å². The number of benzene rings is 1. The van der Waals surface area contributed by atoms with E-state index in [-0.39, 0.29) is 0 Å². The molecule has 0 amide bonds. The Labute approximate surface area is 122 Å². The normalized spacial score (nSPS) is 17.2. The fourth-order valence-electron chi connectivity index (χ4n) is 2.32. The molecule has 18 heavy (non-hydrogen) atoms. The largest absolute Gasteiger partial charge is 0.490 e. The van der Waals surface area contributed by atoms with Gasteiger partial charge in [0.1, 0.15) is 10.7 Å². The summed E-state index contributed by atoms with van der Waals surface area (Å²) in [5, 5.41) is 0. The Morgan fingerprint density at radius 3 is 2.44 bits per heavy atom. The molecule has 2 N–H and O–H groups in total. The Morgan fingerprint density at radius 2 is 1.89 bits per heavy atom. The molecule has 98 valence electrons. The first kappa shape index (κ1) is 13.8. The Hall–Kier alpha value is -0.610. The van der Waals surface area contributed by atoms with Crippen LogP contribution in [-0.2, 0) is 0 Å². The van der Waals surface area contributed by atoms with Crippen molar-refractivity contribution in [3.63, 3.8) is 0 Å². The van der Waals surface area contributed by atoms with Gasteiger partial charge in [-0.05, 0) is 59.8 Å². The average Bonchev–Trinajstić information content (AvgIpc) is 2.57. The first-order valence-corrected chi connectivity index (χ1v) is 7.63. The van der Waals surface area contributed by atoms with Crippen LogP contribution in [0.5, 0.6) is 5.75 Å². The van der Waals surface area contributed by atoms with Crippen LogP contribution in [0, 0.1) is 0 Å². The highest BCUT2D eigenvalue weighted by Crippen LogP contribution is 2.27. The number of nitrogens with two attached hydrogens (primary N) is 1. The highest BCUT2D eigenvalue weighted by molar-refractivity contribution is 9.10. The highest BCUT2D eigenvalue weighted by atomic mass is 79.9. The molecule has 4 heteroatoms. The smallest absolute Gasteiger partial charge is 0.120 e. The summed E-state index contributed by atoms with van der Waals surface area (Å²) in [6.07, 6.45) is 7.90. The van der Waals surface area contributed by atoms with Gasteiger partial charge < -0.3 is 10.5 Å². The number of hydrogen-bond acceptors (Lipinski definition) is 2. The molecule has 1 aliphatic rings. The standard InChI is InChI=1S/C14H18BrNOS/c15-13-9-11(7-8-12(13)14(16)18)17-10-5-3-1-2-4-6-10/h7-10H,1-6H2,(H2,16,18). The van der Waals surface area contributed by atoms with E-state index in [0.717, 1.165) is 28.6 Å². The molecule has 0 aliphatic heterocycles. The van der Waals surface area contributed by atoms with Gasteiger partial charge in [0.15, 0.2) is 0 Å². The topological polar surface area (TPSA) is 35.2 Å². The zero-order valence-corrected chi connectivity index (χ0v) is 12.7. The van der Waals surface area contributed by atoms with Gasteiger partial charge >= 0.3 is 0 Å². The van der Waals surface area contributed by atoms with Gasteiger partial charge in [-0.25, -0.2) is 0 Å². The Morgan fingerprint density at radius 1 is 1.22 bits per heavy atom. The van der Waals surface area contributed by atoms with Crippen LogP contribution < -0.4 is 10.5 Å². The predicted octanol–water partition coefficient (Wildman–Crippen LogP) is 4.18. The van der Waals surface area contributed by atoms with E-state index in [1.165, 1.54) is 25.7 Å². The summed E-state index contributed by atoms with van der Waals surface area (Å²) in [7, 11) is 0. The molecule has 2 rings (SSSR count). The highest BCUT2D eigenvalue weighted by Gasteiger charge is 2.14. The first-order valence-electron chi connectivity index (χ1n) is 6.43. The molecule has 1 aliphatic carbocycles. The Kier molecular flexibility index (Phi) is 5.01. The minimum atomic E-state index is 0.357. The second kappa shape index (κ2) is 6.53. The van der Waals surface area contributed by atoms with Gasteiger partial charge in [-0.1, -0.05) is 25.1 Å². The van der Waals surface area contributed by atoms with Crippen LogP contribution in [0.4, 0.5) is 0 Å². The lowest BCUT2D eigenvalue weighted by Crippen LogP contribution is -2.15. The lowest BCUT2D eigenvalue weighted by molar-refractivity contribution is 0.183. The summed E-state index contributed by atoms with van der Waals surface area (Å²) < 4.78 is 6.94. The predicted molar refractivity (Wildman–Crippen MR) is 82.1 cm³/mol. The molecule has 2 nitrogen and oxygen atoms in total. The molecule has 1 fully saturated rings. The van der Waals surface area contributed by atoms with Gasteiger partial charge in [-0.3, -0.25) is 0 Å². The maximum absolute atomic E-state index is 6.04. The lowest BCUT2D eigenvalue weighted by atomic mass is 10.1. The van der Waals surface area contributed by atoms with E-state index in [0.29, 0.717) is 11.1 Å². The van der Waals surface area contributed by atoms with E-state index in [2.05, 4.69) is 15.9 Å². The number of rotatable bonds is 3. The van der Waals surface area contributed by atoms with Crippen molar-refractivity contribution in [2.45, 2.75) is 44.6 Å². The molecule has 1 aromatic carbocycles. The molecule has 0 saturated heterocycles. The molecule has 1 aromatic rings. The third-order valence-electron chi connectivity index (χ3n) is 3.31. The molecule has 0 spiro atoms. The second-order valence-corrected chi connectivity index (χ2v) is 6.03. The quantitative estimate of drug-likeness (QED) is 0.668. The van der Waals surface area contributed by atoms with Gasteiger partial charge in [-0.15, -0.1) is 0 Å². The second-order valence-electron chi connectivity index (χ2n) is 4.74. The van der Waals surface area contributed by atoms with Crippen molar-refractivity contribution in [3.8, 4) is 5.75 Å². The Bertz CT molecular complexity index is 428. The SMILES string of the molecule is NC(=S)c1ccc(OC2CCCCCC2)cc1Br. The molecule has 0 heterocycles. The van der Waals surface area contributed by atoms with Crippen LogP contribution in [0.2, 0.25) is 0 Å². The molecule has 0 radical (unpaired) electrons. The van der Waals surface area contributed by atoms with Crippen molar-refractivity contribution in [1.29, 1.82) is 0 Å². The lowest BCUT2D eigenvalue weighted by Gasteiger charge is -2.17. The summed E-state index contributed by atoms with van der Waals surface area (Å²) in [5.41, 5.74) is 6.49. The summed E-state index contributed by atoms with van der Waals surface area (Å²) in [6.45, 7) is 0. The monoisotopic (exact) mass is 327 g/mol. The van der Waals surface area contributed by atoms with Gasteiger partial charge in [0.05, 0.1) is 6.10 Å². The van der Waals surface area contributed by atoms with E-state index in [9.17, 15) is 0 Å². The van der Waals surface area contributed by atoms with E-state index in [1.54, 1.807) is 0 Å². The van der Waals surface area contributed by atoms with Gasteiger partial charge in [0.2, 0.25) is 0 Å². The van der Waals surface area contributed by atoms with Crippen LogP contribution >= 0.6 is 28.1 Å². The third kappa shape index (κ3) is 3.69. The molecular weight excluding hydrogens is 310 g/mol. The molecular formula is C14H18BrNOS. The summed E-state index contributed by atoms with van der Waals surface area (Å²) in [6, 6.07) is 5.82. The van der Waals surface area contributed by atoms with E-state index in [1.807, 2.05) is 18.2 Å². The molecule has 0 bridgehead atoms. The molecule has 0 aromatic heterocycles. The zero-order valence-electron chi connectivity index (χ0n) is 10.3. The van der Waals surface area contributed by atoms with Crippen LogP contribution in [0.15, 0.2) is 22.7 Å². The van der Waals surface area contributed by atoms with E-state index < -0.39 is 0 Å². The fraction of sp³-hybridized carbons (Fsp3) is 0.500. The summed E-state index contributed by atoms with van der Waals surface area (Å²) in [5.74, 6) is 0.897. The summed E-state index contributed by atoms with van der Waals surface area (Å²) >= 11 is 8.46. The van der Waals surface area contributed by atoms with Crippen molar-refractivity contribution >= 4 is 33.1 Å². The maximum Gasteiger partial charge on any atom is 0.120 e. The number of halogens is 1. The summed E-state index contributed by atoms with van der Waals surface area (Å²) in [4.78, 5) is 0.405. The molecule has 0 atom stereocenters. The van der Waals surface area contributed by atoms with Crippen LogP contribution in [-0.4, -0.2) is 11.1 Å². The average molecular weight is 328 g/mol. The Balaban J connectivity index is 2.05. The van der Waals surface area contributed by atoms with Gasteiger partial charge in [0.25, 0.3) is 0 Å². The van der Waals surface area contributed by atoms with Crippen molar-refractivity contribution in [3.05, 3.63) is 28.2 Å².